The Kier molecular flexibility index (Phi) is 10.9. The lowest BCUT2D eigenvalue weighted by molar-refractivity contribution is -0.138. The number of anilines is 2. The lowest BCUT2D eigenvalue weighted by Crippen LogP contribution is -2.22. The third-order valence-electron chi connectivity index (χ3n) is 7.13. The molecular formula is C36H26BrClF6N6. The van der Waals surface area contributed by atoms with Gasteiger partial charge in [0.05, 0.1) is 38.9 Å². The van der Waals surface area contributed by atoms with E-state index in [0.29, 0.717) is 15.8 Å². The molecule has 0 saturated heterocycles. The van der Waals surface area contributed by atoms with Gasteiger partial charge in [-0.25, -0.2) is 9.98 Å². The fourth-order valence-corrected chi connectivity index (χ4v) is 5.31. The topological polar surface area (TPSA) is 101 Å². The first-order valence-electron chi connectivity index (χ1n) is 14.6. The van der Waals surface area contributed by atoms with E-state index in [1.165, 1.54) is 6.07 Å². The monoisotopic (exact) mass is 770 g/mol. The highest BCUT2D eigenvalue weighted by atomic mass is 79.9. The molecule has 0 aliphatic carbocycles. The number of nitrogens with one attached hydrogen (secondary N) is 2. The van der Waals surface area contributed by atoms with E-state index in [1.54, 1.807) is 12.1 Å². The average Bonchev–Trinajstić information content (AvgIpc) is 3.06. The van der Waals surface area contributed by atoms with Crippen LogP contribution in [0.1, 0.15) is 11.1 Å². The zero-order valence-corrected chi connectivity index (χ0v) is 28.0. The molecule has 0 saturated carbocycles. The van der Waals surface area contributed by atoms with Crippen molar-refractivity contribution in [3.63, 3.8) is 0 Å². The maximum absolute atomic E-state index is 12.9. The fraction of sp³-hybridized carbons (Fsp3) is 0.0556. The standard InChI is InChI=1S/C18H13BrF3N3.C18H13ClF3N3/c2*19-14-9-8-12(18(20,21)22)10-16(14)25-17(23)24-15-7-3-5-11-4-1-2-6-13(11)15/h2*1-10H,(H3,23,24,25). The summed E-state index contributed by atoms with van der Waals surface area (Å²) in [5.74, 6) is -0.0612. The van der Waals surface area contributed by atoms with Gasteiger partial charge >= 0.3 is 12.4 Å². The van der Waals surface area contributed by atoms with Crippen LogP contribution in [-0.4, -0.2) is 11.9 Å². The lowest BCUT2D eigenvalue weighted by atomic mass is 10.1. The van der Waals surface area contributed by atoms with E-state index in [9.17, 15) is 26.3 Å². The van der Waals surface area contributed by atoms with Crippen molar-refractivity contribution in [2.24, 2.45) is 21.5 Å². The van der Waals surface area contributed by atoms with Gasteiger partial charge in [0.1, 0.15) is 0 Å². The molecule has 0 aliphatic rings. The van der Waals surface area contributed by atoms with Crippen LogP contribution in [0.4, 0.5) is 49.1 Å². The summed E-state index contributed by atoms with van der Waals surface area (Å²) in [6.45, 7) is 0. The van der Waals surface area contributed by atoms with Crippen LogP contribution >= 0.6 is 27.5 Å². The van der Waals surface area contributed by atoms with E-state index in [2.05, 4.69) is 36.5 Å². The first-order valence-corrected chi connectivity index (χ1v) is 15.8. The second kappa shape index (κ2) is 15.1. The average molecular weight is 772 g/mol. The molecule has 14 heteroatoms. The second-order valence-electron chi connectivity index (χ2n) is 10.6. The number of guanidine groups is 2. The summed E-state index contributed by atoms with van der Waals surface area (Å²) in [5, 5.41) is 9.22. The van der Waals surface area contributed by atoms with Crippen molar-refractivity contribution in [2.75, 3.05) is 10.6 Å². The van der Waals surface area contributed by atoms with Crippen LogP contribution in [0.15, 0.2) is 136 Å². The Hall–Kier alpha value is -5.27. The van der Waals surface area contributed by atoms with Crippen LogP contribution in [0.3, 0.4) is 0 Å². The van der Waals surface area contributed by atoms with Crippen molar-refractivity contribution in [3.05, 3.63) is 142 Å². The Balaban J connectivity index is 0.000000194. The predicted octanol–water partition coefficient (Wildman–Crippen LogP) is 11.2. The molecule has 50 heavy (non-hydrogen) atoms. The highest BCUT2D eigenvalue weighted by Gasteiger charge is 2.32. The normalized spacial score (nSPS) is 12.4. The third kappa shape index (κ3) is 9.04. The molecule has 0 fully saturated rings. The summed E-state index contributed by atoms with van der Waals surface area (Å²) in [7, 11) is 0. The SMILES string of the molecule is NC(=Nc1cccc2ccccc12)Nc1cc(C(F)(F)F)ccc1Br.NC(=Nc1cccc2ccccc12)Nc1cc(C(F)(F)F)ccc1Cl. The molecule has 0 radical (unpaired) electrons. The van der Waals surface area contributed by atoms with E-state index < -0.39 is 23.5 Å². The van der Waals surface area contributed by atoms with Gasteiger partial charge in [-0.1, -0.05) is 84.4 Å². The Morgan fingerprint density at radius 3 is 1.48 bits per heavy atom. The van der Waals surface area contributed by atoms with Gasteiger partial charge < -0.3 is 22.1 Å². The minimum absolute atomic E-state index is 0.00335. The fourth-order valence-electron chi connectivity index (χ4n) is 4.80. The molecule has 6 nitrogen and oxygen atoms in total. The van der Waals surface area contributed by atoms with Gasteiger partial charge in [0.25, 0.3) is 0 Å². The molecular weight excluding hydrogens is 746 g/mol. The zero-order chi connectivity index (χ0) is 36.1. The van der Waals surface area contributed by atoms with Crippen LogP contribution in [0.5, 0.6) is 0 Å². The number of benzene rings is 6. The molecule has 0 bridgehead atoms. The number of hydrogen-bond donors (Lipinski definition) is 4. The Bertz CT molecular complexity index is 2050. The van der Waals surface area contributed by atoms with E-state index in [0.717, 1.165) is 51.9 Å². The quantitative estimate of drug-likeness (QED) is 0.0814. The van der Waals surface area contributed by atoms with Crippen LogP contribution in [-0.2, 0) is 12.4 Å². The number of aliphatic imine (C=N–C) groups is 2. The van der Waals surface area contributed by atoms with Crippen molar-refractivity contribution < 1.29 is 26.3 Å². The number of nitrogens with zero attached hydrogens (tertiary/aromatic N) is 2. The number of hydrogen-bond acceptors (Lipinski definition) is 2. The van der Waals surface area contributed by atoms with Crippen molar-refractivity contribution in [1.29, 1.82) is 0 Å². The van der Waals surface area contributed by atoms with E-state index in [1.807, 2.05) is 72.8 Å². The molecule has 0 spiro atoms. The highest BCUT2D eigenvalue weighted by molar-refractivity contribution is 9.10. The van der Waals surface area contributed by atoms with E-state index >= 15 is 0 Å². The minimum Gasteiger partial charge on any atom is -0.369 e. The molecule has 0 aromatic heterocycles. The summed E-state index contributed by atoms with van der Waals surface area (Å²) in [6, 6.07) is 32.6. The Morgan fingerprint density at radius 1 is 0.560 bits per heavy atom. The lowest BCUT2D eigenvalue weighted by Gasteiger charge is -2.12. The Morgan fingerprint density at radius 2 is 0.980 bits per heavy atom. The molecule has 0 unspecified atom stereocenters. The number of fused-ring (bicyclic) bond motifs is 2. The maximum Gasteiger partial charge on any atom is 0.416 e. The molecule has 6 aromatic rings. The van der Waals surface area contributed by atoms with Gasteiger partial charge in [-0.2, -0.15) is 26.3 Å². The molecule has 0 heterocycles. The van der Waals surface area contributed by atoms with Gasteiger partial charge in [0, 0.05) is 15.2 Å². The first-order chi connectivity index (χ1) is 23.7. The molecule has 0 atom stereocenters. The van der Waals surface area contributed by atoms with Crippen molar-refractivity contribution in [2.45, 2.75) is 12.4 Å². The largest absolute Gasteiger partial charge is 0.416 e. The van der Waals surface area contributed by atoms with E-state index in [-0.39, 0.29) is 28.3 Å². The van der Waals surface area contributed by atoms with Gasteiger partial charge in [-0.3, -0.25) is 0 Å². The zero-order valence-electron chi connectivity index (χ0n) is 25.6. The maximum atomic E-state index is 12.9. The van der Waals surface area contributed by atoms with Crippen molar-refractivity contribution in [1.82, 2.24) is 0 Å². The molecule has 0 aliphatic heterocycles. The predicted molar refractivity (Wildman–Crippen MR) is 193 cm³/mol. The summed E-state index contributed by atoms with van der Waals surface area (Å²) < 4.78 is 77.5. The second-order valence-corrected chi connectivity index (χ2v) is 11.9. The smallest absolute Gasteiger partial charge is 0.369 e. The van der Waals surface area contributed by atoms with Crippen LogP contribution < -0.4 is 22.1 Å². The number of alkyl halides is 6. The summed E-state index contributed by atoms with van der Waals surface area (Å²) in [6.07, 6.45) is -8.90. The molecule has 0 amide bonds. The van der Waals surface area contributed by atoms with Gasteiger partial charge in [-0.05, 0) is 75.2 Å². The Labute approximate surface area is 295 Å². The minimum atomic E-state index is -4.47. The van der Waals surface area contributed by atoms with Gasteiger partial charge in [0.2, 0.25) is 0 Å². The third-order valence-corrected chi connectivity index (χ3v) is 8.15. The number of nitrogens with two attached hydrogens (primary N) is 2. The van der Waals surface area contributed by atoms with E-state index in [4.69, 9.17) is 23.1 Å². The van der Waals surface area contributed by atoms with Crippen LogP contribution in [0, 0.1) is 0 Å². The molecule has 6 aromatic carbocycles. The molecule has 256 valence electrons. The van der Waals surface area contributed by atoms with Crippen LogP contribution in [0.2, 0.25) is 5.02 Å². The number of halogens is 8. The first kappa shape index (κ1) is 36.0. The van der Waals surface area contributed by atoms with Crippen molar-refractivity contribution >= 4 is 83.7 Å². The summed E-state index contributed by atoms with van der Waals surface area (Å²) in [5.41, 5.74) is 11.6. The molecule has 6 N–H and O–H groups in total. The van der Waals surface area contributed by atoms with Crippen molar-refractivity contribution in [3.8, 4) is 0 Å². The summed E-state index contributed by atoms with van der Waals surface area (Å²) >= 11 is 9.16. The molecule has 6 rings (SSSR count). The summed E-state index contributed by atoms with van der Waals surface area (Å²) in [4.78, 5) is 8.56. The van der Waals surface area contributed by atoms with Gasteiger partial charge in [-0.15, -0.1) is 0 Å². The van der Waals surface area contributed by atoms with Crippen LogP contribution in [0.25, 0.3) is 21.5 Å². The van der Waals surface area contributed by atoms with Gasteiger partial charge in [0.15, 0.2) is 11.9 Å². The number of rotatable bonds is 4. The highest BCUT2D eigenvalue weighted by Crippen LogP contribution is 2.35.